The maximum Gasteiger partial charge on any atom is 0.294 e. The number of nitrogens with zero attached hydrogens (tertiary/aromatic N) is 1. The van der Waals surface area contributed by atoms with E-state index in [4.69, 9.17) is 9.47 Å². The molecule has 2 amide bonds. The molecule has 2 aliphatic rings. The van der Waals surface area contributed by atoms with Gasteiger partial charge in [0.15, 0.2) is 5.71 Å². The first kappa shape index (κ1) is 20.6. The molecule has 0 fully saturated rings. The summed E-state index contributed by atoms with van der Waals surface area (Å²) in [5.74, 6) is -1.60. The van der Waals surface area contributed by atoms with Gasteiger partial charge >= 0.3 is 0 Å². The largest absolute Gasteiger partial charge is 0.462 e. The van der Waals surface area contributed by atoms with Crippen LogP contribution in [0.2, 0.25) is 0 Å². The summed E-state index contributed by atoms with van der Waals surface area (Å²) in [6, 6.07) is 12.8. The molecule has 2 heterocycles. The van der Waals surface area contributed by atoms with E-state index in [9.17, 15) is 22.6 Å². The third-order valence-corrected chi connectivity index (χ3v) is 5.57. The molecule has 0 bridgehead atoms. The predicted octanol–water partition coefficient (Wildman–Crippen LogP) is 1.41. The lowest BCUT2D eigenvalue weighted by atomic mass is 9.97. The maximum absolute atomic E-state index is 12.9. The van der Waals surface area contributed by atoms with E-state index in [0.717, 1.165) is 17.7 Å². The van der Waals surface area contributed by atoms with E-state index < -0.39 is 32.7 Å². The van der Waals surface area contributed by atoms with Crippen LogP contribution in [-0.4, -0.2) is 37.3 Å². The van der Waals surface area contributed by atoms with Gasteiger partial charge in [0.25, 0.3) is 21.9 Å². The van der Waals surface area contributed by atoms with E-state index in [-0.39, 0.29) is 18.1 Å². The Morgan fingerprint density at radius 2 is 2.00 bits per heavy atom. The van der Waals surface area contributed by atoms with Gasteiger partial charge in [-0.05, 0) is 30.2 Å². The Kier molecular flexibility index (Phi) is 5.44. The molecule has 0 aliphatic carbocycles. The average Bonchev–Trinajstić information content (AvgIpc) is 3.37. The number of benzene rings is 2. The van der Waals surface area contributed by atoms with Gasteiger partial charge in [0.2, 0.25) is 6.79 Å². The lowest BCUT2D eigenvalue weighted by Gasteiger charge is -2.15. The molecule has 11 heteroatoms. The molecule has 1 unspecified atom stereocenters. The van der Waals surface area contributed by atoms with Crippen LogP contribution in [0.25, 0.3) is 0 Å². The van der Waals surface area contributed by atoms with Crippen molar-refractivity contribution in [3.8, 4) is 0 Å². The molecular weight excluding hydrogens is 426 g/mol. The van der Waals surface area contributed by atoms with E-state index >= 15 is 0 Å². The highest BCUT2D eigenvalue weighted by Crippen LogP contribution is 2.27. The molecule has 31 heavy (non-hydrogen) atoms. The van der Waals surface area contributed by atoms with Crippen LogP contribution in [0.15, 0.2) is 70.5 Å². The number of rotatable bonds is 6. The summed E-state index contributed by atoms with van der Waals surface area (Å²) in [5.41, 5.74) is 3.49. The quantitative estimate of drug-likeness (QED) is 0.452. The zero-order valence-electron chi connectivity index (χ0n) is 15.9. The Morgan fingerprint density at radius 3 is 2.68 bits per heavy atom. The molecule has 3 N–H and O–H groups in total. The number of hydrogen-bond donors (Lipinski definition) is 3. The fourth-order valence-corrected chi connectivity index (χ4v) is 3.71. The molecule has 1 atom stereocenters. The van der Waals surface area contributed by atoms with Crippen molar-refractivity contribution in [2.45, 2.75) is 11.3 Å². The molecule has 2 aromatic rings. The number of anilines is 1. The van der Waals surface area contributed by atoms with Crippen LogP contribution >= 0.6 is 0 Å². The van der Waals surface area contributed by atoms with Crippen molar-refractivity contribution in [3.05, 3.63) is 71.7 Å². The number of fused-ring (bicyclic) bond motifs is 1. The van der Waals surface area contributed by atoms with E-state index in [1.165, 1.54) is 12.3 Å². The average molecular weight is 443 g/mol. The highest BCUT2D eigenvalue weighted by Gasteiger charge is 2.31. The van der Waals surface area contributed by atoms with Crippen LogP contribution in [0.1, 0.15) is 11.1 Å². The zero-order chi connectivity index (χ0) is 22.0. The monoisotopic (exact) mass is 443 g/mol. The summed E-state index contributed by atoms with van der Waals surface area (Å²) in [6.07, 6.45) is 1.67. The minimum absolute atomic E-state index is 0.00336. The van der Waals surface area contributed by atoms with Crippen LogP contribution in [0.5, 0.6) is 0 Å². The first-order valence-electron chi connectivity index (χ1n) is 9.12. The summed E-state index contributed by atoms with van der Waals surface area (Å²) in [6.45, 7) is -0.00336. The second-order valence-electron chi connectivity index (χ2n) is 6.76. The highest BCUT2D eigenvalue weighted by molar-refractivity contribution is 7.85. The van der Waals surface area contributed by atoms with Crippen LogP contribution in [-0.2, 0) is 35.6 Å². The number of ether oxygens (including phenoxy) is 2. The summed E-state index contributed by atoms with van der Waals surface area (Å²) < 4.78 is 42.5. The molecule has 0 radical (unpaired) electrons. The van der Waals surface area contributed by atoms with E-state index in [1.807, 2.05) is 30.3 Å². The second kappa shape index (κ2) is 8.20. The molecule has 2 aliphatic heterocycles. The van der Waals surface area contributed by atoms with E-state index in [0.29, 0.717) is 17.9 Å². The van der Waals surface area contributed by atoms with E-state index in [2.05, 4.69) is 15.8 Å². The van der Waals surface area contributed by atoms with Gasteiger partial charge in [-0.15, -0.1) is 0 Å². The van der Waals surface area contributed by atoms with Crippen LogP contribution in [0.4, 0.5) is 5.69 Å². The van der Waals surface area contributed by atoms with Crippen LogP contribution < -0.4 is 10.7 Å². The molecule has 0 saturated heterocycles. The van der Waals surface area contributed by atoms with Crippen molar-refractivity contribution in [1.29, 1.82) is 0 Å². The maximum atomic E-state index is 12.9. The fourth-order valence-electron chi connectivity index (χ4n) is 3.20. The van der Waals surface area contributed by atoms with E-state index in [1.54, 1.807) is 0 Å². The van der Waals surface area contributed by atoms with Crippen molar-refractivity contribution >= 4 is 33.3 Å². The van der Waals surface area contributed by atoms with Crippen molar-refractivity contribution in [1.82, 2.24) is 5.43 Å². The number of hydrogen-bond acceptors (Lipinski definition) is 7. The Bertz CT molecular complexity index is 1210. The summed E-state index contributed by atoms with van der Waals surface area (Å²) >= 11 is 0. The number of amides is 2. The van der Waals surface area contributed by atoms with Gasteiger partial charge in [-0.2, -0.15) is 13.5 Å². The Labute approximate surface area is 177 Å². The molecule has 160 valence electrons. The Morgan fingerprint density at radius 1 is 1.23 bits per heavy atom. The lowest BCUT2D eigenvalue weighted by molar-refractivity contribution is -0.125. The number of nitrogens with one attached hydrogen (secondary N) is 2. The van der Waals surface area contributed by atoms with Crippen molar-refractivity contribution in [2.24, 2.45) is 11.0 Å². The SMILES string of the molecule is O=C1Nc2ccc(S(=O)(=O)O)cc2C1=NNC(=O)C(Cc1ccccc1)C1=COCO1. The number of carbonyl (C=O) groups is 2. The molecule has 0 aromatic heterocycles. The zero-order valence-corrected chi connectivity index (χ0v) is 16.8. The smallest absolute Gasteiger partial charge is 0.294 e. The number of hydrazone groups is 1. The van der Waals surface area contributed by atoms with Gasteiger partial charge in [0.1, 0.15) is 17.9 Å². The van der Waals surface area contributed by atoms with Crippen molar-refractivity contribution in [3.63, 3.8) is 0 Å². The van der Waals surface area contributed by atoms with Crippen molar-refractivity contribution < 1.29 is 32.0 Å². The molecule has 0 saturated carbocycles. The standard InChI is InChI=1S/C20H17N3O7S/c24-19(15(17-10-29-11-30-17)8-12-4-2-1-3-5-12)23-22-18-14-9-13(31(26,27)28)6-7-16(14)21-20(18)25/h1-7,9-10,15H,8,11H2,(H,23,24)(H,21,22,25)(H,26,27,28). The summed E-state index contributed by atoms with van der Waals surface area (Å²) in [5, 5.41) is 6.43. The van der Waals surface area contributed by atoms with Gasteiger partial charge in [-0.3, -0.25) is 14.1 Å². The van der Waals surface area contributed by atoms with Gasteiger partial charge in [-0.25, -0.2) is 5.43 Å². The van der Waals surface area contributed by atoms with Gasteiger partial charge in [-0.1, -0.05) is 30.3 Å². The fraction of sp³-hybridized carbons (Fsp3) is 0.150. The third-order valence-electron chi connectivity index (χ3n) is 4.72. The minimum atomic E-state index is -4.47. The van der Waals surface area contributed by atoms with Gasteiger partial charge < -0.3 is 14.8 Å². The number of carbonyl (C=O) groups excluding carboxylic acids is 2. The van der Waals surface area contributed by atoms with Gasteiger partial charge in [0, 0.05) is 5.56 Å². The molecule has 0 spiro atoms. The Balaban J connectivity index is 1.59. The normalized spacial score (nSPS) is 17.3. The lowest BCUT2D eigenvalue weighted by Crippen LogP contribution is -2.32. The van der Waals surface area contributed by atoms with Crippen LogP contribution in [0.3, 0.4) is 0 Å². The topological polar surface area (TPSA) is 143 Å². The Hall–Kier alpha value is -3.70. The van der Waals surface area contributed by atoms with Crippen molar-refractivity contribution in [2.75, 3.05) is 12.1 Å². The predicted molar refractivity (Wildman–Crippen MR) is 108 cm³/mol. The molecular formula is C20H17N3O7S. The first-order valence-corrected chi connectivity index (χ1v) is 10.6. The van der Waals surface area contributed by atoms with Crippen LogP contribution in [0, 0.1) is 5.92 Å². The third kappa shape index (κ3) is 4.42. The minimum Gasteiger partial charge on any atom is -0.462 e. The summed E-state index contributed by atoms with van der Waals surface area (Å²) in [4.78, 5) is 24.7. The molecule has 4 rings (SSSR count). The second-order valence-corrected chi connectivity index (χ2v) is 8.19. The molecule has 10 nitrogen and oxygen atoms in total. The van der Waals surface area contributed by atoms with Gasteiger partial charge in [0.05, 0.1) is 10.6 Å². The molecule has 2 aromatic carbocycles. The summed E-state index contributed by atoms with van der Waals surface area (Å²) in [7, 11) is -4.47. The highest BCUT2D eigenvalue weighted by atomic mass is 32.2. The first-order chi connectivity index (χ1) is 14.8.